The number of thiazole rings is 1. The molecule has 0 saturated heterocycles. The minimum absolute atomic E-state index is 0.272. The van der Waals surface area contributed by atoms with E-state index in [1.165, 1.54) is 22.7 Å². The van der Waals surface area contributed by atoms with E-state index in [4.69, 9.17) is 10.5 Å². The predicted molar refractivity (Wildman–Crippen MR) is 120 cm³/mol. The number of pyridine rings is 1. The molecule has 1 amide bonds. The molecule has 0 unspecified atom stereocenters. The normalized spacial score (nSPS) is 11.0. The summed E-state index contributed by atoms with van der Waals surface area (Å²) < 4.78 is 5.26. The van der Waals surface area contributed by atoms with Crippen LogP contribution in [-0.4, -0.2) is 23.0 Å². The topological polar surface area (TPSA) is 90.1 Å². The van der Waals surface area contributed by atoms with Gasteiger partial charge in [0.15, 0.2) is 5.13 Å². The third kappa shape index (κ3) is 3.45. The molecule has 0 saturated carbocycles. The third-order valence-electron chi connectivity index (χ3n) is 4.97. The molecule has 8 heteroatoms. The molecular formula is C21H20N4O2S2. The van der Waals surface area contributed by atoms with Crippen molar-refractivity contribution in [3.05, 3.63) is 51.3 Å². The number of amides is 1. The summed E-state index contributed by atoms with van der Waals surface area (Å²) in [7, 11) is 1.63. The molecule has 0 aliphatic heterocycles. The van der Waals surface area contributed by atoms with Crippen LogP contribution in [-0.2, 0) is 0 Å². The minimum Gasteiger partial charge on any atom is -0.497 e. The van der Waals surface area contributed by atoms with E-state index in [-0.39, 0.29) is 5.91 Å². The molecule has 4 rings (SSSR count). The molecule has 0 fully saturated rings. The monoisotopic (exact) mass is 424 g/mol. The van der Waals surface area contributed by atoms with Gasteiger partial charge in [-0.2, -0.15) is 0 Å². The maximum atomic E-state index is 12.9. The number of fused-ring (bicyclic) bond motifs is 1. The quantitative estimate of drug-likeness (QED) is 0.471. The number of methoxy groups -OCH3 is 1. The Bertz CT molecular complexity index is 1240. The average molecular weight is 425 g/mol. The van der Waals surface area contributed by atoms with Gasteiger partial charge in [0, 0.05) is 22.0 Å². The number of carbonyl (C=O) groups is 1. The predicted octanol–water partition coefficient (Wildman–Crippen LogP) is 5.19. The van der Waals surface area contributed by atoms with Crippen molar-refractivity contribution in [1.82, 2.24) is 9.97 Å². The van der Waals surface area contributed by atoms with Gasteiger partial charge in [0.2, 0.25) is 0 Å². The highest BCUT2D eigenvalue weighted by Crippen LogP contribution is 2.37. The van der Waals surface area contributed by atoms with Gasteiger partial charge in [-0.05, 0) is 44.0 Å². The first-order valence-electron chi connectivity index (χ1n) is 8.96. The highest BCUT2D eigenvalue weighted by molar-refractivity contribution is 7.21. The van der Waals surface area contributed by atoms with Gasteiger partial charge in [-0.15, -0.1) is 22.7 Å². The van der Waals surface area contributed by atoms with Crippen LogP contribution in [0, 0.1) is 20.8 Å². The van der Waals surface area contributed by atoms with Crippen molar-refractivity contribution in [2.24, 2.45) is 0 Å². The second-order valence-corrected chi connectivity index (χ2v) is 8.55. The van der Waals surface area contributed by atoms with Crippen LogP contribution in [0.1, 0.15) is 26.5 Å². The second-order valence-electron chi connectivity index (χ2n) is 6.70. The number of ether oxygens (including phenoxy) is 1. The molecule has 3 aromatic heterocycles. The van der Waals surface area contributed by atoms with E-state index in [1.54, 1.807) is 7.11 Å². The largest absolute Gasteiger partial charge is 0.497 e. The lowest BCUT2D eigenvalue weighted by Crippen LogP contribution is -2.11. The number of nitrogens with two attached hydrogens (primary N) is 1. The van der Waals surface area contributed by atoms with Gasteiger partial charge in [-0.3, -0.25) is 10.1 Å². The molecule has 6 nitrogen and oxygen atoms in total. The summed E-state index contributed by atoms with van der Waals surface area (Å²) in [4.78, 5) is 23.2. The fourth-order valence-corrected chi connectivity index (χ4v) is 4.95. The molecule has 3 N–H and O–H groups in total. The van der Waals surface area contributed by atoms with E-state index in [9.17, 15) is 4.79 Å². The first kappa shape index (κ1) is 19.4. The Morgan fingerprint density at radius 3 is 2.72 bits per heavy atom. The number of nitrogens with one attached hydrogen (secondary N) is 1. The summed E-state index contributed by atoms with van der Waals surface area (Å²) in [6, 6.07) is 7.64. The zero-order valence-corrected chi connectivity index (χ0v) is 18.1. The van der Waals surface area contributed by atoms with Crippen LogP contribution < -0.4 is 15.8 Å². The van der Waals surface area contributed by atoms with E-state index in [0.29, 0.717) is 15.7 Å². The van der Waals surface area contributed by atoms with Crippen LogP contribution in [0.2, 0.25) is 0 Å². The van der Waals surface area contributed by atoms with Crippen molar-refractivity contribution < 1.29 is 9.53 Å². The van der Waals surface area contributed by atoms with Crippen molar-refractivity contribution in [1.29, 1.82) is 0 Å². The van der Waals surface area contributed by atoms with Crippen molar-refractivity contribution in [3.8, 4) is 17.0 Å². The maximum Gasteiger partial charge on any atom is 0.269 e. The molecular weight excluding hydrogens is 404 g/mol. The Morgan fingerprint density at radius 2 is 1.97 bits per heavy atom. The highest BCUT2D eigenvalue weighted by atomic mass is 32.1. The number of hydrogen-bond donors (Lipinski definition) is 2. The fraction of sp³-hybridized carbons (Fsp3) is 0.190. The SMILES string of the molecule is COc1cccc(-c2csc(NC(=O)c3sc4nc(C)c(C)c(C)c4c3N)n2)c1. The molecule has 0 radical (unpaired) electrons. The molecule has 29 heavy (non-hydrogen) atoms. The minimum atomic E-state index is -0.272. The van der Waals surface area contributed by atoms with Gasteiger partial charge in [-0.25, -0.2) is 9.97 Å². The highest BCUT2D eigenvalue weighted by Gasteiger charge is 2.21. The number of thiophene rings is 1. The zero-order chi connectivity index (χ0) is 20.7. The number of rotatable bonds is 4. The second kappa shape index (κ2) is 7.46. The standard InChI is InChI=1S/C21H20N4O2S2/c1-10-11(2)16-17(22)18(29-20(16)23-12(10)3)19(26)25-21-24-15(9-28-21)13-6-5-7-14(8-13)27-4/h5-9H,22H2,1-4H3,(H,24,25,26). The van der Waals surface area contributed by atoms with Crippen LogP contribution in [0.3, 0.4) is 0 Å². The molecule has 0 aliphatic carbocycles. The number of aryl methyl sites for hydroxylation is 2. The Labute approximate surface area is 176 Å². The van der Waals surface area contributed by atoms with Crippen LogP contribution in [0.5, 0.6) is 5.75 Å². The Kier molecular flexibility index (Phi) is 4.97. The lowest BCUT2D eigenvalue weighted by Gasteiger charge is -2.05. The van der Waals surface area contributed by atoms with Crippen LogP contribution >= 0.6 is 22.7 Å². The number of anilines is 2. The van der Waals surface area contributed by atoms with Gasteiger partial charge >= 0.3 is 0 Å². The number of nitrogens with zero attached hydrogens (tertiary/aromatic N) is 2. The molecule has 3 heterocycles. The van der Waals surface area contributed by atoms with Crippen molar-refractivity contribution in [3.63, 3.8) is 0 Å². The Hall–Kier alpha value is -2.97. The molecule has 0 aliphatic rings. The Morgan fingerprint density at radius 1 is 1.17 bits per heavy atom. The maximum absolute atomic E-state index is 12.9. The van der Waals surface area contributed by atoms with Crippen molar-refractivity contribution in [2.45, 2.75) is 20.8 Å². The van der Waals surface area contributed by atoms with Gasteiger partial charge < -0.3 is 10.5 Å². The smallest absolute Gasteiger partial charge is 0.269 e. The summed E-state index contributed by atoms with van der Waals surface area (Å²) in [6.45, 7) is 6.00. The van der Waals surface area contributed by atoms with Crippen LogP contribution in [0.4, 0.5) is 10.8 Å². The summed E-state index contributed by atoms with van der Waals surface area (Å²) in [5.74, 6) is 0.485. The molecule has 1 aromatic carbocycles. The molecule has 0 bridgehead atoms. The van der Waals surface area contributed by atoms with Gasteiger partial charge in [0.05, 0.1) is 18.5 Å². The lowest BCUT2D eigenvalue weighted by molar-refractivity contribution is 0.103. The fourth-order valence-electron chi connectivity index (χ4n) is 3.14. The summed E-state index contributed by atoms with van der Waals surface area (Å²) in [5.41, 5.74) is 11.6. The lowest BCUT2D eigenvalue weighted by atomic mass is 10.1. The van der Waals surface area contributed by atoms with Crippen LogP contribution in [0.15, 0.2) is 29.6 Å². The first-order valence-corrected chi connectivity index (χ1v) is 10.7. The first-order chi connectivity index (χ1) is 13.9. The van der Waals surface area contributed by atoms with E-state index in [0.717, 1.165) is 44.0 Å². The molecule has 4 aromatic rings. The third-order valence-corrected chi connectivity index (χ3v) is 6.83. The van der Waals surface area contributed by atoms with Crippen LogP contribution in [0.25, 0.3) is 21.5 Å². The van der Waals surface area contributed by atoms with Gasteiger partial charge in [0.1, 0.15) is 15.5 Å². The summed E-state index contributed by atoms with van der Waals surface area (Å²) in [6.07, 6.45) is 0. The summed E-state index contributed by atoms with van der Waals surface area (Å²) >= 11 is 2.67. The van der Waals surface area contributed by atoms with E-state index < -0.39 is 0 Å². The van der Waals surface area contributed by atoms with Gasteiger partial charge in [0.25, 0.3) is 5.91 Å². The van der Waals surface area contributed by atoms with E-state index in [2.05, 4.69) is 15.3 Å². The van der Waals surface area contributed by atoms with E-state index in [1.807, 2.05) is 50.4 Å². The van der Waals surface area contributed by atoms with Crippen molar-refractivity contribution in [2.75, 3.05) is 18.2 Å². The molecule has 0 spiro atoms. The number of hydrogen-bond acceptors (Lipinski definition) is 7. The summed E-state index contributed by atoms with van der Waals surface area (Å²) in [5, 5.41) is 6.14. The average Bonchev–Trinajstić information content (AvgIpc) is 3.31. The number of carbonyl (C=O) groups excluding carboxylic acids is 1. The number of aromatic nitrogens is 2. The van der Waals surface area contributed by atoms with Crippen molar-refractivity contribution >= 4 is 49.6 Å². The number of nitrogen functional groups attached to an aromatic ring is 1. The zero-order valence-electron chi connectivity index (χ0n) is 16.5. The molecule has 0 atom stereocenters. The van der Waals surface area contributed by atoms with E-state index >= 15 is 0 Å². The van der Waals surface area contributed by atoms with Gasteiger partial charge in [-0.1, -0.05) is 12.1 Å². The molecule has 148 valence electrons. The number of benzene rings is 1. The Balaban J connectivity index is 1.63.